The molecule has 0 aromatic rings. The lowest BCUT2D eigenvalue weighted by Gasteiger charge is -2.23. The van der Waals surface area contributed by atoms with E-state index in [9.17, 15) is 44.3 Å². The predicted molar refractivity (Wildman–Crippen MR) is 403 cm³/mol. The molecule has 0 spiro atoms. The number of carbonyl (C=O) groups is 1. The zero-order valence-electron chi connectivity index (χ0n) is 65.2. The van der Waals surface area contributed by atoms with Crippen LogP contribution in [0.1, 0.15) is 83.5 Å². The highest BCUT2D eigenvalue weighted by Crippen LogP contribution is 2.48. The molecule has 0 radical (unpaired) electrons. The van der Waals surface area contributed by atoms with Crippen molar-refractivity contribution in [1.82, 2.24) is 63.8 Å². The lowest BCUT2D eigenvalue weighted by molar-refractivity contribution is -0.130. The first-order chi connectivity index (χ1) is 50.0. The number of likely N-dealkylation sites (tertiary alicyclic amines) is 10. The molecule has 14 rings (SSSR count). The van der Waals surface area contributed by atoms with E-state index < -0.39 is 62.6 Å². The lowest BCUT2D eigenvalue weighted by atomic mass is 9.78. The van der Waals surface area contributed by atoms with Crippen molar-refractivity contribution in [3.63, 3.8) is 0 Å². The van der Waals surface area contributed by atoms with Gasteiger partial charge in [-0.25, -0.2) is 30.7 Å². The van der Waals surface area contributed by atoms with Gasteiger partial charge in [-0.3, -0.25) is 38.7 Å². The minimum absolute atomic E-state index is 0.0231. The third-order valence-corrected chi connectivity index (χ3v) is 22.4. The summed E-state index contributed by atoms with van der Waals surface area (Å²) in [6.07, 6.45) is 5.90. The number of nitrogens with zero attached hydrogens (tertiary/aromatic N) is 20. The second-order valence-electron chi connectivity index (χ2n) is 29.8. The molecule has 13 heterocycles. The van der Waals surface area contributed by atoms with Crippen molar-refractivity contribution in [2.45, 2.75) is 156 Å². The van der Waals surface area contributed by atoms with E-state index in [2.05, 4.69) is 68.0 Å². The van der Waals surface area contributed by atoms with Crippen LogP contribution >= 0.6 is 23.5 Å². The van der Waals surface area contributed by atoms with Crippen molar-refractivity contribution in [3.8, 4) is 36.4 Å². The van der Waals surface area contributed by atoms with Gasteiger partial charge in [-0.15, -0.1) is 23.5 Å². The molecule has 1 saturated carbocycles. The quantitative estimate of drug-likeness (QED) is 0.221. The number of carbonyl (C=O) groups excluding carboxylic acids is 1. The number of amides is 1. The Bertz CT molecular complexity index is 2680. The van der Waals surface area contributed by atoms with Crippen LogP contribution in [0.15, 0.2) is 5.10 Å². The third kappa shape index (κ3) is 39.4. The van der Waals surface area contributed by atoms with Crippen LogP contribution in [0, 0.1) is 91.7 Å². The highest BCUT2D eigenvalue weighted by molar-refractivity contribution is 8.00. The van der Waals surface area contributed by atoms with E-state index in [0.29, 0.717) is 45.4 Å². The molecule has 0 bridgehead atoms. The van der Waals surface area contributed by atoms with Crippen molar-refractivity contribution >= 4 is 42.5 Å². The number of hydrogen-bond acceptors (Lipinski definition) is 24. The number of hydrogen-bond donors (Lipinski definition) is 2. The number of thioether (sulfide) groups is 2. The molecule has 1 aliphatic carbocycles. The van der Waals surface area contributed by atoms with Gasteiger partial charge in [0.15, 0.2) is 0 Å². The highest BCUT2D eigenvalue weighted by atomic mass is 32.2. The average molecular weight is 1550 g/mol. The smallest absolute Gasteiger partial charge is 0.426 e. The Hall–Kier alpha value is -4.51. The number of piperidine rings is 2. The topological polar surface area (TPSA) is 255 Å². The fourth-order valence-corrected chi connectivity index (χ4v) is 15.1. The average Bonchev–Trinajstić information content (AvgIpc) is 1.61. The monoisotopic (exact) mass is 1550 g/mol. The molecule has 12 saturated heterocycles. The van der Waals surface area contributed by atoms with Crippen LogP contribution in [0.2, 0.25) is 0 Å². The first kappa shape index (κ1) is 97.6. The molecule has 106 heavy (non-hydrogen) atoms. The molecule has 0 aromatic carbocycles. The molecule has 23 nitrogen and oxygen atoms in total. The van der Waals surface area contributed by atoms with E-state index in [1.54, 1.807) is 66.6 Å². The van der Waals surface area contributed by atoms with E-state index in [0.717, 1.165) is 95.5 Å². The first-order valence-corrected chi connectivity index (χ1v) is 39.2. The second-order valence-corrected chi connectivity index (χ2v) is 32.1. The molecule has 2 N–H and O–H groups in total. The maximum Gasteiger partial charge on any atom is 0.469 e. The molecule has 13 fully saturated rings. The maximum atomic E-state index is 12.4. The standard InChI is InChI=1S/C7H9N3.C7H10N2.C6H9FN2.C6H10FNO.C6H12FN.C5H12BNO2.2C5H9F2N.C5H6FN3.C5H10FN.C5H8N2S.C5H11N.C4H9NS/c1-10-5-6(3-8)2-7(10)4-9;1-9-4-5-2-6(5)7(9)3-8;1-9-4-5(7)2-6(9)3-8;1-8-3-2-5(4-7)6(8)9;1-8-4-2-6(7)3-5-8;1-7-4-2-3-5(7)6(8)9;1-8-2-4(6)5(7)3-8;1-8-3-2-5(6,7)4-8;1-9-4(3-7)2-5(6)8-9;1-7-3-2-5(6)4-7;1-7-2-3-8-5(7)4-6;1-6-4-2-3-5-6;1-5-2-3-6-4-5/h6-7H,2,5H2,1H3;5-7H,2,4H2,1H3;5-6H,2,4H2,1H3;5H,2-4H2,1H3;6H,2-5H2,1H3;5,8-9H,2-4H2,1H3;4-5H,2-3H2,1H3;2-4H2,1H3;4H,2H2,1H3;5H,2-4H2,1H3;5H,2-3H2,1H3;2-5H2,1H3;2-4H2,1H3/t6-,7+;5?,6?,7-;5?,6-;;;;;;4-;;5-;;/m110.....0.0../s1. The lowest BCUT2D eigenvalue weighted by Crippen LogP contribution is -2.39. The molecule has 14 aliphatic rings. The fourth-order valence-electron chi connectivity index (χ4n) is 13.0. The molecule has 0 aromatic heterocycles. The van der Waals surface area contributed by atoms with Crippen LogP contribution in [0.3, 0.4) is 0 Å². The summed E-state index contributed by atoms with van der Waals surface area (Å²) in [5.74, 6) is 2.08. The zero-order valence-corrected chi connectivity index (χ0v) is 66.9. The summed E-state index contributed by atoms with van der Waals surface area (Å²) in [5, 5.41) is 73.2. The van der Waals surface area contributed by atoms with Crippen LogP contribution in [0.25, 0.3) is 0 Å². The third-order valence-electron chi connectivity index (χ3n) is 20.1. The number of fused-ring (bicyclic) bond motifs is 1. The summed E-state index contributed by atoms with van der Waals surface area (Å²) in [5.41, 5.74) is 0. The molecule has 35 heteroatoms. The molecular formula is C71H124BF9N20O3S2. The number of hydrazone groups is 1. The van der Waals surface area contributed by atoms with Gasteiger partial charge in [0.05, 0.1) is 67.3 Å². The minimum atomic E-state index is -2.41. The van der Waals surface area contributed by atoms with E-state index in [1.807, 2.05) is 80.9 Å². The van der Waals surface area contributed by atoms with Crippen molar-refractivity contribution < 1.29 is 54.4 Å². The highest BCUT2D eigenvalue weighted by Gasteiger charge is 2.51. The van der Waals surface area contributed by atoms with Crippen molar-refractivity contribution in [2.75, 3.05) is 227 Å². The first-order valence-electron chi connectivity index (χ1n) is 37.0. The van der Waals surface area contributed by atoms with E-state index in [-0.39, 0.29) is 79.7 Å². The summed E-state index contributed by atoms with van der Waals surface area (Å²) in [4.78, 5) is 34.4. The van der Waals surface area contributed by atoms with E-state index in [1.165, 1.54) is 55.5 Å². The van der Waals surface area contributed by atoms with Gasteiger partial charge in [0, 0.05) is 135 Å². The Morgan fingerprint density at radius 2 is 1.11 bits per heavy atom. The Labute approximate surface area is 637 Å². The van der Waals surface area contributed by atoms with Gasteiger partial charge in [-0.05, 0) is 173 Å². The van der Waals surface area contributed by atoms with Gasteiger partial charge in [0.2, 0.25) is 11.9 Å². The molecular weight excluding hydrogens is 1430 g/mol. The molecule has 604 valence electrons. The summed E-state index contributed by atoms with van der Waals surface area (Å²) in [6.45, 7) is 12.9. The number of rotatable bonds is 2. The Morgan fingerprint density at radius 3 is 1.34 bits per heavy atom. The van der Waals surface area contributed by atoms with Gasteiger partial charge in [0.25, 0.3) is 5.92 Å². The fraction of sp³-hybridized carbons (Fsp3) is 0.887. The van der Waals surface area contributed by atoms with Crippen LogP contribution in [0.4, 0.5) is 39.5 Å². The van der Waals surface area contributed by atoms with Crippen LogP contribution in [0.5, 0.6) is 0 Å². The Balaban J connectivity index is 0.000000391. The van der Waals surface area contributed by atoms with E-state index >= 15 is 0 Å². The van der Waals surface area contributed by atoms with Gasteiger partial charge >= 0.3 is 7.12 Å². The number of nitriles is 6. The van der Waals surface area contributed by atoms with Crippen LogP contribution < -0.4 is 0 Å². The van der Waals surface area contributed by atoms with Crippen molar-refractivity contribution in [1.29, 1.82) is 31.6 Å². The maximum absolute atomic E-state index is 12.4. The van der Waals surface area contributed by atoms with E-state index in [4.69, 9.17) is 41.6 Å². The number of alkyl halides is 8. The van der Waals surface area contributed by atoms with Crippen LogP contribution in [-0.2, 0) is 4.79 Å². The van der Waals surface area contributed by atoms with Crippen molar-refractivity contribution in [2.24, 2.45) is 28.8 Å². The Morgan fingerprint density at radius 1 is 0.528 bits per heavy atom. The van der Waals surface area contributed by atoms with Gasteiger partial charge in [0.1, 0.15) is 61.0 Å². The summed E-state index contributed by atoms with van der Waals surface area (Å²) >= 11 is 3.72. The summed E-state index contributed by atoms with van der Waals surface area (Å²) in [6, 6.07) is 12.4. The van der Waals surface area contributed by atoms with Gasteiger partial charge in [-0.2, -0.15) is 41.1 Å². The second kappa shape index (κ2) is 52.6. The largest absolute Gasteiger partial charge is 0.469 e. The van der Waals surface area contributed by atoms with Gasteiger partial charge < -0.3 is 44.3 Å². The predicted octanol–water partition coefficient (Wildman–Crippen LogP) is 6.51. The molecule has 13 aliphatic heterocycles. The normalized spacial score (nSPS) is 32.0. The van der Waals surface area contributed by atoms with Crippen molar-refractivity contribution in [3.05, 3.63) is 0 Å². The molecule has 1 amide bonds. The van der Waals surface area contributed by atoms with Crippen LogP contribution in [-0.4, -0.2) is 392 Å². The Kier molecular flexibility index (Phi) is 48.4. The van der Waals surface area contributed by atoms with Gasteiger partial charge in [-0.1, -0.05) is 0 Å². The zero-order chi connectivity index (χ0) is 79.8. The summed E-state index contributed by atoms with van der Waals surface area (Å²) in [7, 11) is 23.4. The number of halogens is 9. The summed E-state index contributed by atoms with van der Waals surface area (Å²) < 4.78 is 110. The SMILES string of the molecule is CN1CC(F)C(F)C1.CN1CC(F)C[C@H]1C#N.CN1CC2CC2[C@H]1C#N.CN1CCC(CF)C1=O.CN1CCC(F)(F)C1.CN1CCC(F)C1.CN1CCC(F)CC1.CN1CCCC1.CN1CCCC1B(O)O.CN1CCSC1.CN1CCS[C@H]1C#N.CN1C[C@@H](C#N)C[C@H]1C#N.CN1N=C(F)C[C@H]1C#N. The molecule has 14 atom stereocenters. The minimum Gasteiger partial charge on any atom is -0.426 e. The molecule has 8 unspecified atom stereocenters.